The first-order chi connectivity index (χ1) is 7.43. The minimum Gasteiger partial charge on any atom is -0.316 e. The Labute approximate surface area is 88.6 Å². The Morgan fingerprint density at radius 2 is 1.67 bits per heavy atom. The van der Waals surface area contributed by atoms with E-state index >= 15 is 0 Å². The van der Waals surface area contributed by atoms with E-state index in [2.05, 4.69) is 15.4 Å². The van der Waals surface area contributed by atoms with Crippen molar-refractivity contribution in [1.29, 1.82) is 0 Å². The van der Waals surface area contributed by atoms with Crippen LogP contribution in [0, 0.1) is 0 Å². The van der Waals surface area contributed by atoms with Crippen molar-refractivity contribution in [3.05, 3.63) is 60.7 Å². The molecule has 2 N–H and O–H groups in total. The average Bonchev–Trinajstić information content (AvgIpc) is 2.34. The number of nitrogens with one attached hydrogen (secondary N) is 1. The molecule has 2 rings (SSSR count). The zero-order valence-electron chi connectivity index (χ0n) is 8.24. The second kappa shape index (κ2) is 7.61. The van der Waals surface area contributed by atoms with Crippen LogP contribution >= 0.6 is 0 Å². The van der Waals surface area contributed by atoms with Crippen LogP contribution in [0.15, 0.2) is 55.1 Å². The summed E-state index contributed by atoms with van der Waals surface area (Å²) in [5.74, 6) is 0. The van der Waals surface area contributed by atoms with Crippen LogP contribution in [0.4, 0.5) is 0 Å². The molecule has 4 heteroatoms. The summed E-state index contributed by atoms with van der Waals surface area (Å²) >= 11 is 0. The lowest BCUT2D eigenvalue weighted by atomic mass is 10.2. The van der Waals surface area contributed by atoms with Gasteiger partial charge in [-0.05, 0) is 11.6 Å². The van der Waals surface area contributed by atoms with Gasteiger partial charge in [-0.25, -0.2) is 15.4 Å². The van der Waals surface area contributed by atoms with E-state index in [0.29, 0.717) is 6.54 Å². The Morgan fingerprint density at radius 3 is 2.07 bits per heavy atom. The van der Waals surface area contributed by atoms with Crippen molar-refractivity contribution in [2.24, 2.45) is 0 Å². The van der Waals surface area contributed by atoms with E-state index < -0.39 is 0 Å². The molecule has 15 heavy (non-hydrogen) atoms. The second-order valence-electron chi connectivity index (χ2n) is 2.72. The molecule has 2 aromatic rings. The minimum atomic E-state index is 0.515. The molecule has 0 aliphatic carbocycles. The summed E-state index contributed by atoms with van der Waals surface area (Å²) < 4.78 is 0. The zero-order chi connectivity index (χ0) is 10.8. The number of benzene rings is 1. The molecule has 0 spiro atoms. The maximum atomic E-state index is 8.27. The number of nitrogens with zero attached hydrogens (tertiary/aromatic N) is 2. The quantitative estimate of drug-likeness (QED) is 0.728. The van der Waals surface area contributed by atoms with E-state index in [9.17, 15) is 0 Å². The summed E-state index contributed by atoms with van der Waals surface area (Å²) in [6.45, 7) is 0.515. The standard InChI is InChI=1S/C7H9NO.C4H4N2/c9-8-6-7-4-2-1-3-5-7;1-2-5-4-6-3-1/h1-5,8-9H,6H2;1-4H. The molecule has 0 aliphatic rings. The van der Waals surface area contributed by atoms with Gasteiger partial charge in [0.2, 0.25) is 0 Å². The van der Waals surface area contributed by atoms with Crippen molar-refractivity contribution in [2.75, 3.05) is 0 Å². The van der Waals surface area contributed by atoms with E-state index in [1.807, 2.05) is 30.3 Å². The summed E-state index contributed by atoms with van der Waals surface area (Å²) in [6, 6.07) is 11.5. The molecule has 0 saturated carbocycles. The summed E-state index contributed by atoms with van der Waals surface area (Å²) in [5, 5.41) is 8.27. The smallest absolute Gasteiger partial charge is 0.115 e. The van der Waals surface area contributed by atoms with Crippen molar-refractivity contribution in [1.82, 2.24) is 15.4 Å². The summed E-state index contributed by atoms with van der Waals surface area (Å²) in [7, 11) is 0. The number of hydrogen-bond donors (Lipinski definition) is 2. The first-order valence-electron chi connectivity index (χ1n) is 4.54. The number of aromatic nitrogens is 2. The first kappa shape index (κ1) is 11.3. The molecule has 0 amide bonds. The SMILES string of the molecule is ONCc1ccccc1.c1cncnc1. The lowest BCUT2D eigenvalue weighted by Gasteiger charge is -1.94. The maximum absolute atomic E-state index is 8.27. The summed E-state index contributed by atoms with van der Waals surface area (Å²) in [6.07, 6.45) is 4.88. The Morgan fingerprint density at radius 1 is 1.00 bits per heavy atom. The highest BCUT2D eigenvalue weighted by Gasteiger charge is 1.84. The Balaban J connectivity index is 0.000000162. The molecule has 0 radical (unpaired) electrons. The normalized spacial score (nSPS) is 8.87. The molecule has 1 aromatic heterocycles. The van der Waals surface area contributed by atoms with Gasteiger partial charge in [0.15, 0.2) is 0 Å². The van der Waals surface area contributed by atoms with Gasteiger partial charge in [0.1, 0.15) is 6.33 Å². The number of rotatable bonds is 2. The molecule has 0 unspecified atom stereocenters. The van der Waals surface area contributed by atoms with Gasteiger partial charge >= 0.3 is 0 Å². The van der Waals surface area contributed by atoms with Crippen molar-refractivity contribution in [3.8, 4) is 0 Å². The van der Waals surface area contributed by atoms with Crippen molar-refractivity contribution in [3.63, 3.8) is 0 Å². The molecule has 78 valence electrons. The van der Waals surface area contributed by atoms with Crippen LogP contribution in [0.25, 0.3) is 0 Å². The molecule has 4 nitrogen and oxygen atoms in total. The molecule has 0 bridgehead atoms. The highest BCUT2D eigenvalue weighted by molar-refractivity contribution is 5.13. The first-order valence-corrected chi connectivity index (χ1v) is 4.54. The molecule has 1 aromatic carbocycles. The van der Waals surface area contributed by atoms with Crippen LogP contribution < -0.4 is 5.48 Å². The third-order valence-corrected chi connectivity index (χ3v) is 1.60. The molecule has 0 atom stereocenters. The van der Waals surface area contributed by atoms with Gasteiger partial charge in [0, 0.05) is 18.9 Å². The van der Waals surface area contributed by atoms with Crippen molar-refractivity contribution < 1.29 is 5.21 Å². The van der Waals surface area contributed by atoms with Crippen LogP contribution in [0.2, 0.25) is 0 Å². The van der Waals surface area contributed by atoms with Crippen molar-refractivity contribution in [2.45, 2.75) is 6.54 Å². The van der Waals surface area contributed by atoms with E-state index in [-0.39, 0.29) is 0 Å². The highest BCUT2D eigenvalue weighted by atomic mass is 16.5. The van der Waals surface area contributed by atoms with Crippen LogP contribution in [0.5, 0.6) is 0 Å². The van der Waals surface area contributed by atoms with Gasteiger partial charge in [0.05, 0.1) is 0 Å². The topological polar surface area (TPSA) is 58.0 Å². The zero-order valence-corrected chi connectivity index (χ0v) is 8.24. The van der Waals surface area contributed by atoms with Crippen LogP contribution in [-0.4, -0.2) is 15.2 Å². The predicted molar refractivity (Wildman–Crippen MR) is 57.1 cm³/mol. The predicted octanol–water partition coefficient (Wildman–Crippen LogP) is 1.64. The van der Waals surface area contributed by atoms with Gasteiger partial charge < -0.3 is 5.21 Å². The Hall–Kier alpha value is -1.78. The third kappa shape index (κ3) is 5.51. The van der Waals surface area contributed by atoms with Crippen molar-refractivity contribution >= 4 is 0 Å². The third-order valence-electron chi connectivity index (χ3n) is 1.60. The van der Waals surface area contributed by atoms with E-state index in [1.54, 1.807) is 18.5 Å². The van der Waals surface area contributed by atoms with Gasteiger partial charge in [0.25, 0.3) is 0 Å². The molecule has 0 aliphatic heterocycles. The Bertz CT molecular complexity index is 313. The fourth-order valence-corrected chi connectivity index (χ4v) is 0.940. The second-order valence-corrected chi connectivity index (χ2v) is 2.72. The average molecular weight is 203 g/mol. The monoisotopic (exact) mass is 203 g/mol. The van der Waals surface area contributed by atoms with Crippen LogP contribution in [0.1, 0.15) is 5.56 Å². The van der Waals surface area contributed by atoms with E-state index in [4.69, 9.17) is 5.21 Å². The minimum absolute atomic E-state index is 0.515. The lowest BCUT2D eigenvalue weighted by Crippen LogP contribution is -2.05. The van der Waals surface area contributed by atoms with Gasteiger partial charge in [-0.1, -0.05) is 30.3 Å². The summed E-state index contributed by atoms with van der Waals surface area (Å²) in [5.41, 5.74) is 3.17. The lowest BCUT2D eigenvalue weighted by molar-refractivity contribution is 0.161. The fourth-order valence-electron chi connectivity index (χ4n) is 0.940. The molecule has 0 saturated heterocycles. The van der Waals surface area contributed by atoms with Gasteiger partial charge in [-0.3, -0.25) is 0 Å². The highest BCUT2D eigenvalue weighted by Crippen LogP contribution is 1.95. The number of hydrogen-bond acceptors (Lipinski definition) is 4. The molecule has 1 heterocycles. The van der Waals surface area contributed by atoms with E-state index in [0.717, 1.165) is 5.56 Å². The molecular weight excluding hydrogens is 190 g/mol. The van der Waals surface area contributed by atoms with Crippen LogP contribution in [0.3, 0.4) is 0 Å². The van der Waals surface area contributed by atoms with E-state index in [1.165, 1.54) is 6.33 Å². The largest absolute Gasteiger partial charge is 0.316 e. The maximum Gasteiger partial charge on any atom is 0.115 e. The van der Waals surface area contributed by atoms with Gasteiger partial charge in [-0.15, -0.1) is 0 Å². The molecule has 0 fully saturated rings. The number of hydroxylamine groups is 1. The summed E-state index contributed by atoms with van der Waals surface area (Å²) in [4.78, 5) is 7.35. The van der Waals surface area contributed by atoms with Crippen LogP contribution in [-0.2, 0) is 6.54 Å². The fraction of sp³-hybridized carbons (Fsp3) is 0.0909. The molecular formula is C11H13N3O. The van der Waals surface area contributed by atoms with Gasteiger partial charge in [-0.2, -0.15) is 0 Å². The Kier molecular flexibility index (Phi) is 5.73.